The summed E-state index contributed by atoms with van der Waals surface area (Å²) in [5.41, 5.74) is -1.43. The summed E-state index contributed by atoms with van der Waals surface area (Å²) in [6.07, 6.45) is -4.14. The van der Waals surface area contributed by atoms with Crippen molar-refractivity contribution in [3.05, 3.63) is 29.6 Å². The second-order valence-corrected chi connectivity index (χ2v) is 4.37. The fourth-order valence-electron chi connectivity index (χ4n) is 1.94. The molecule has 1 amide bonds. The van der Waals surface area contributed by atoms with E-state index in [1.165, 1.54) is 0 Å². The number of nitrogens with one attached hydrogen (secondary N) is 2. The lowest BCUT2D eigenvalue weighted by atomic mass is 10.1. The largest absolute Gasteiger partial charge is 0.419 e. The van der Waals surface area contributed by atoms with Crippen molar-refractivity contribution >= 4 is 24.0 Å². The second-order valence-electron chi connectivity index (χ2n) is 4.37. The average Bonchev–Trinajstić information content (AvgIpc) is 2.83. The van der Waals surface area contributed by atoms with Gasteiger partial charge in [-0.3, -0.25) is 4.79 Å². The second kappa shape index (κ2) is 6.41. The minimum absolute atomic E-state index is 0. The number of alkyl halides is 3. The molecule has 3 nitrogen and oxygen atoms in total. The molecule has 1 unspecified atom stereocenters. The van der Waals surface area contributed by atoms with Crippen LogP contribution in [0.15, 0.2) is 18.2 Å². The van der Waals surface area contributed by atoms with E-state index in [1.54, 1.807) is 0 Å². The number of anilines is 1. The summed E-state index contributed by atoms with van der Waals surface area (Å²) >= 11 is 0. The van der Waals surface area contributed by atoms with Gasteiger partial charge in [0.2, 0.25) is 5.91 Å². The average molecular weight is 313 g/mol. The third-order valence-electron chi connectivity index (χ3n) is 2.97. The summed E-state index contributed by atoms with van der Waals surface area (Å²) in [7, 11) is 0. The van der Waals surface area contributed by atoms with Gasteiger partial charge in [-0.25, -0.2) is 4.39 Å². The molecule has 1 aromatic rings. The number of hydrogen-bond acceptors (Lipinski definition) is 2. The first-order valence-corrected chi connectivity index (χ1v) is 5.76. The first kappa shape index (κ1) is 16.7. The summed E-state index contributed by atoms with van der Waals surface area (Å²) in [6.45, 7) is 1.20. The van der Waals surface area contributed by atoms with Crippen molar-refractivity contribution in [1.29, 1.82) is 0 Å². The van der Waals surface area contributed by atoms with Crippen LogP contribution in [0.25, 0.3) is 0 Å². The maximum absolute atomic E-state index is 13.1. The van der Waals surface area contributed by atoms with E-state index in [0.717, 1.165) is 6.07 Å². The van der Waals surface area contributed by atoms with Crippen LogP contribution in [-0.2, 0) is 11.0 Å². The van der Waals surface area contributed by atoms with Crippen molar-refractivity contribution < 1.29 is 22.4 Å². The van der Waals surface area contributed by atoms with E-state index in [1.807, 2.05) is 0 Å². The molecule has 1 fully saturated rings. The fourth-order valence-corrected chi connectivity index (χ4v) is 1.94. The molecule has 1 aromatic carbocycles. The highest BCUT2D eigenvalue weighted by molar-refractivity contribution is 5.93. The highest BCUT2D eigenvalue weighted by atomic mass is 35.5. The van der Waals surface area contributed by atoms with Crippen molar-refractivity contribution in [2.45, 2.75) is 12.6 Å². The minimum Gasteiger partial charge on any atom is -0.326 e. The Morgan fingerprint density at radius 1 is 1.35 bits per heavy atom. The fraction of sp³-hybridized carbons (Fsp3) is 0.417. The van der Waals surface area contributed by atoms with E-state index in [-0.39, 0.29) is 29.9 Å². The van der Waals surface area contributed by atoms with Gasteiger partial charge < -0.3 is 10.6 Å². The van der Waals surface area contributed by atoms with Gasteiger partial charge in [0, 0.05) is 12.2 Å². The van der Waals surface area contributed by atoms with Crippen LogP contribution in [0.2, 0.25) is 0 Å². The van der Waals surface area contributed by atoms with E-state index in [2.05, 4.69) is 10.6 Å². The Balaban J connectivity index is 0.00000200. The summed E-state index contributed by atoms with van der Waals surface area (Å²) in [6, 6.07) is 2.42. The molecule has 0 aromatic heterocycles. The molecule has 1 atom stereocenters. The molecule has 112 valence electrons. The van der Waals surface area contributed by atoms with E-state index < -0.39 is 17.6 Å². The van der Waals surface area contributed by atoms with Crippen LogP contribution in [0.3, 0.4) is 0 Å². The molecule has 0 radical (unpaired) electrons. The first-order valence-electron chi connectivity index (χ1n) is 5.76. The van der Waals surface area contributed by atoms with Crippen molar-refractivity contribution in [3.63, 3.8) is 0 Å². The summed E-state index contributed by atoms with van der Waals surface area (Å²) in [5, 5.41) is 5.36. The smallest absolute Gasteiger partial charge is 0.326 e. The molecule has 2 rings (SSSR count). The monoisotopic (exact) mass is 312 g/mol. The number of hydrogen-bond donors (Lipinski definition) is 2. The molecular formula is C12H13ClF4N2O. The third-order valence-corrected chi connectivity index (χ3v) is 2.97. The van der Waals surface area contributed by atoms with Crippen molar-refractivity contribution in [1.82, 2.24) is 5.32 Å². The van der Waals surface area contributed by atoms with E-state index in [0.29, 0.717) is 31.6 Å². The number of rotatable bonds is 2. The number of amides is 1. The molecule has 1 heterocycles. The number of carbonyl (C=O) groups is 1. The van der Waals surface area contributed by atoms with Gasteiger partial charge in [-0.15, -0.1) is 12.4 Å². The SMILES string of the molecule is Cl.O=C(Nc1ccc(F)c(C(F)(F)F)c1)C1CCNC1. The van der Waals surface area contributed by atoms with E-state index >= 15 is 0 Å². The van der Waals surface area contributed by atoms with Crippen molar-refractivity contribution in [3.8, 4) is 0 Å². The molecule has 0 bridgehead atoms. The Bertz CT molecular complexity index is 487. The van der Waals surface area contributed by atoms with Gasteiger partial charge in [0.15, 0.2) is 0 Å². The quantitative estimate of drug-likeness (QED) is 0.825. The zero-order valence-corrected chi connectivity index (χ0v) is 11.1. The van der Waals surface area contributed by atoms with Crippen molar-refractivity contribution in [2.24, 2.45) is 5.92 Å². The molecule has 20 heavy (non-hydrogen) atoms. The number of halogens is 5. The zero-order chi connectivity index (χ0) is 14.0. The maximum Gasteiger partial charge on any atom is 0.419 e. The number of benzene rings is 1. The Labute approximate surface area is 119 Å². The van der Waals surface area contributed by atoms with Crippen LogP contribution in [0, 0.1) is 11.7 Å². The number of carbonyl (C=O) groups excluding carboxylic acids is 1. The standard InChI is InChI=1S/C12H12F4N2O.ClH/c13-10-2-1-8(5-9(10)12(14,15)16)18-11(19)7-3-4-17-6-7;/h1-2,5,7,17H,3-4,6H2,(H,18,19);1H. The van der Waals surface area contributed by atoms with Crippen molar-refractivity contribution in [2.75, 3.05) is 18.4 Å². The van der Waals surface area contributed by atoms with Crippen LogP contribution in [0.1, 0.15) is 12.0 Å². The predicted molar refractivity (Wildman–Crippen MR) is 68.3 cm³/mol. The Hall–Kier alpha value is -1.34. The Morgan fingerprint density at radius 2 is 2.05 bits per heavy atom. The Kier molecular flexibility index (Phi) is 5.35. The van der Waals surface area contributed by atoms with Crippen LogP contribution < -0.4 is 10.6 Å². The highest BCUT2D eigenvalue weighted by Crippen LogP contribution is 2.33. The van der Waals surface area contributed by atoms with Crippen LogP contribution >= 0.6 is 12.4 Å². The topological polar surface area (TPSA) is 41.1 Å². The molecule has 1 aliphatic heterocycles. The Morgan fingerprint density at radius 3 is 2.60 bits per heavy atom. The first-order chi connectivity index (χ1) is 8.88. The molecule has 1 aliphatic rings. The predicted octanol–water partition coefficient (Wildman–Crippen LogP) is 2.81. The maximum atomic E-state index is 13.1. The van der Waals surface area contributed by atoms with Gasteiger partial charge in [0.25, 0.3) is 0 Å². The summed E-state index contributed by atoms with van der Waals surface area (Å²) in [5.74, 6) is -1.97. The van der Waals surface area contributed by atoms with Crippen LogP contribution in [-0.4, -0.2) is 19.0 Å². The summed E-state index contributed by atoms with van der Waals surface area (Å²) < 4.78 is 50.6. The minimum atomic E-state index is -4.78. The molecule has 0 spiro atoms. The van der Waals surface area contributed by atoms with E-state index in [9.17, 15) is 22.4 Å². The van der Waals surface area contributed by atoms with Gasteiger partial charge in [0.1, 0.15) is 5.82 Å². The molecular weight excluding hydrogens is 300 g/mol. The highest BCUT2D eigenvalue weighted by Gasteiger charge is 2.34. The van der Waals surface area contributed by atoms with Gasteiger partial charge in [-0.2, -0.15) is 13.2 Å². The van der Waals surface area contributed by atoms with Gasteiger partial charge >= 0.3 is 6.18 Å². The van der Waals surface area contributed by atoms with Gasteiger partial charge in [-0.1, -0.05) is 0 Å². The van der Waals surface area contributed by atoms with Crippen LogP contribution in [0.5, 0.6) is 0 Å². The lowest BCUT2D eigenvalue weighted by Crippen LogP contribution is -2.24. The molecule has 2 N–H and O–H groups in total. The van der Waals surface area contributed by atoms with Gasteiger partial charge in [-0.05, 0) is 31.2 Å². The molecule has 1 saturated heterocycles. The lowest BCUT2D eigenvalue weighted by molar-refractivity contribution is -0.140. The van der Waals surface area contributed by atoms with Crippen LogP contribution in [0.4, 0.5) is 23.2 Å². The zero-order valence-electron chi connectivity index (χ0n) is 10.3. The van der Waals surface area contributed by atoms with E-state index in [4.69, 9.17) is 0 Å². The molecule has 0 saturated carbocycles. The summed E-state index contributed by atoms with van der Waals surface area (Å²) in [4.78, 5) is 11.7. The van der Waals surface area contributed by atoms with Gasteiger partial charge in [0.05, 0.1) is 11.5 Å². The molecule has 8 heteroatoms. The lowest BCUT2D eigenvalue weighted by Gasteiger charge is -2.13. The normalized spacial score (nSPS) is 18.5. The third kappa shape index (κ3) is 3.83. The molecule has 0 aliphatic carbocycles.